The van der Waals surface area contributed by atoms with Crippen LogP contribution in [0.15, 0.2) is 127 Å². The van der Waals surface area contributed by atoms with Gasteiger partial charge in [0.25, 0.3) is 0 Å². The first-order valence-corrected chi connectivity index (χ1v) is 26.1. The van der Waals surface area contributed by atoms with Gasteiger partial charge in [0.1, 0.15) is 5.78 Å². The van der Waals surface area contributed by atoms with E-state index in [0.717, 1.165) is 66.8 Å². The fourth-order valence-electron chi connectivity index (χ4n) is 5.87. The minimum absolute atomic E-state index is 0.0123. The maximum Gasteiger partial charge on any atom is 0.302 e. The SMILES string of the molecule is CC(=O)CC(=O)c1ccc(Br)cc1.CC(=O)c1ccc(Br)cc1.CC(C)CCN.CCOC(C)=O.Cc1cc(-c2ccc(Br)cc2)n(CC(C)C)n1.Cc1cc(-c2ccc(Br)cc2)nn1CC(C)C. The number of carbonyl (C=O) groups excluding carboxylic acids is 4. The molecule has 10 nitrogen and oxygen atoms in total. The summed E-state index contributed by atoms with van der Waals surface area (Å²) in [5.41, 5.74) is 13.5. The number of halogens is 4. The fraction of sp³-hybridized carbons (Fsp3) is 0.382. The van der Waals surface area contributed by atoms with E-state index in [1.54, 1.807) is 50.2 Å². The van der Waals surface area contributed by atoms with Crippen LogP contribution in [0.1, 0.15) is 114 Å². The second-order valence-corrected chi connectivity index (χ2v) is 20.9. The summed E-state index contributed by atoms with van der Waals surface area (Å²) in [6.45, 7) is 26.7. The van der Waals surface area contributed by atoms with Crippen molar-refractivity contribution >= 4 is 87.0 Å². The molecule has 2 N–H and O–H groups in total. The standard InChI is InChI=1S/2C14H17BrN2.C10H9BrO2.C8H7BrO.C5H13N.C4H8O2/c1-10(2)9-17-11(3)8-14(16-17)12-4-6-13(15)7-5-12;1-10(2)9-17-14(8-11(3)16-17)12-4-6-13(15)7-5-12;1-7(12)6-10(13)8-2-4-9(11)5-3-8;1-6(10)7-2-4-8(9)5-3-7;1-5(2)3-4-6;1-3-6-4(2)5/h2*4-8,10H,9H2,1-3H3;2-5H,6H2,1H3;2-5H,1H3;5H,3-4,6H2,1-2H3;3H2,1-2H3. The van der Waals surface area contributed by atoms with Crippen LogP contribution < -0.4 is 5.73 Å². The Morgan fingerprint density at radius 1 is 0.594 bits per heavy atom. The molecule has 0 bridgehead atoms. The van der Waals surface area contributed by atoms with Gasteiger partial charge in [0.2, 0.25) is 0 Å². The molecule has 4 aromatic carbocycles. The largest absolute Gasteiger partial charge is 0.466 e. The van der Waals surface area contributed by atoms with E-state index in [0.29, 0.717) is 24.0 Å². The summed E-state index contributed by atoms with van der Waals surface area (Å²) >= 11 is 13.5. The number of ketones is 3. The molecule has 0 aliphatic rings. The summed E-state index contributed by atoms with van der Waals surface area (Å²) in [4.78, 5) is 42.6. The molecule has 69 heavy (non-hydrogen) atoms. The van der Waals surface area contributed by atoms with Gasteiger partial charge in [-0.05, 0) is 132 Å². The Labute approximate surface area is 445 Å². The Bertz CT molecular complexity index is 2430. The third kappa shape index (κ3) is 27.6. The van der Waals surface area contributed by atoms with Crippen molar-refractivity contribution in [1.29, 1.82) is 0 Å². The van der Waals surface area contributed by atoms with Crippen molar-refractivity contribution < 1.29 is 23.9 Å². The van der Waals surface area contributed by atoms with Gasteiger partial charge in [-0.2, -0.15) is 10.2 Å². The van der Waals surface area contributed by atoms with Crippen molar-refractivity contribution in [1.82, 2.24) is 19.6 Å². The lowest BCUT2D eigenvalue weighted by Gasteiger charge is -2.10. The van der Waals surface area contributed by atoms with Crippen LogP contribution in [0, 0.1) is 31.6 Å². The summed E-state index contributed by atoms with van der Waals surface area (Å²) in [5, 5.41) is 9.21. The first-order valence-electron chi connectivity index (χ1n) is 22.9. The number of nitrogens with zero attached hydrogens (tertiary/aromatic N) is 4. The van der Waals surface area contributed by atoms with Gasteiger partial charge in [0, 0.05) is 60.3 Å². The van der Waals surface area contributed by atoms with Crippen LogP contribution in [0.25, 0.3) is 22.5 Å². The Kier molecular flexibility index (Phi) is 30.9. The Balaban J connectivity index is 0.000000432. The smallest absolute Gasteiger partial charge is 0.302 e. The average Bonchev–Trinajstić information content (AvgIpc) is 3.82. The highest BCUT2D eigenvalue weighted by molar-refractivity contribution is 9.11. The molecule has 0 saturated carbocycles. The van der Waals surface area contributed by atoms with Crippen molar-refractivity contribution in [3.8, 4) is 22.5 Å². The number of carbonyl (C=O) groups is 4. The highest BCUT2D eigenvalue weighted by Gasteiger charge is 2.10. The monoisotopic (exact) mass is 1200 g/mol. The molecule has 2 heterocycles. The predicted octanol–water partition coefficient (Wildman–Crippen LogP) is 15.4. The van der Waals surface area contributed by atoms with Crippen LogP contribution in [0.3, 0.4) is 0 Å². The molecule has 6 aromatic rings. The molecule has 0 saturated heterocycles. The van der Waals surface area contributed by atoms with Gasteiger partial charge in [-0.1, -0.05) is 154 Å². The third-order valence-electron chi connectivity index (χ3n) is 9.16. The molecule has 0 fully saturated rings. The van der Waals surface area contributed by atoms with Gasteiger partial charge in [-0.15, -0.1) is 0 Å². The highest BCUT2D eigenvalue weighted by atomic mass is 79.9. The Morgan fingerprint density at radius 3 is 1.39 bits per heavy atom. The number of esters is 1. The maximum absolute atomic E-state index is 11.3. The normalized spacial score (nSPS) is 10.2. The average molecular weight is 1200 g/mol. The third-order valence-corrected chi connectivity index (χ3v) is 11.3. The number of ether oxygens (including phenoxy) is 1. The number of hydrogen-bond donors (Lipinski definition) is 1. The molecule has 0 radical (unpaired) electrons. The van der Waals surface area contributed by atoms with Crippen LogP contribution in [0.4, 0.5) is 0 Å². The van der Waals surface area contributed by atoms with Crippen LogP contribution in [0.5, 0.6) is 0 Å². The second-order valence-electron chi connectivity index (χ2n) is 17.3. The van der Waals surface area contributed by atoms with Crippen molar-refractivity contribution in [3.05, 3.63) is 150 Å². The summed E-state index contributed by atoms with van der Waals surface area (Å²) in [5.74, 6) is 1.66. The minimum atomic E-state index is -0.211. The number of aromatic nitrogens is 4. The highest BCUT2D eigenvalue weighted by Crippen LogP contribution is 2.24. The summed E-state index contributed by atoms with van der Waals surface area (Å²) in [6.07, 6.45) is 1.14. The second kappa shape index (κ2) is 34.1. The van der Waals surface area contributed by atoms with Gasteiger partial charge in [0.05, 0.1) is 30.1 Å². The quantitative estimate of drug-likeness (QED) is 0.0685. The van der Waals surface area contributed by atoms with Crippen molar-refractivity contribution in [3.63, 3.8) is 0 Å². The summed E-state index contributed by atoms with van der Waals surface area (Å²) in [7, 11) is 0. The van der Waals surface area contributed by atoms with Crippen LogP contribution in [-0.2, 0) is 27.4 Å². The number of aryl methyl sites for hydroxylation is 2. The van der Waals surface area contributed by atoms with Crippen molar-refractivity contribution in [2.24, 2.45) is 23.5 Å². The van der Waals surface area contributed by atoms with Gasteiger partial charge < -0.3 is 10.5 Å². The zero-order valence-corrected chi connectivity index (χ0v) is 48.6. The lowest BCUT2D eigenvalue weighted by Crippen LogP contribution is -2.07. The molecule has 374 valence electrons. The number of benzene rings is 4. The van der Waals surface area contributed by atoms with Crippen LogP contribution in [-0.4, -0.2) is 56.0 Å². The van der Waals surface area contributed by atoms with E-state index in [4.69, 9.17) is 5.73 Å². The van der Waals surface area contributed by atoms with Crippen molar-refractivity contribution in [2.75, 3.05) is 13.2 Å². The Hall–Kier alpha value is -4.34. The number of hydrogen-bond acceptors (Lipinski definition) is 8. The summed E-state index contributed by atoms with van der Waals surface area (Å²) < 4.78 is 12.7. The van der Waals surface area contributed by atoms with E-state index in [-0.39, 0.29) is 29.7 Å². The molecule has 0 atom stereocenters. The number of rotatable bonds is 13. The van der Waals surface area contributed by atoms with E-state index in [9.17, 15) is 19.2 Å². The molecule has 0 unspecified atom stereocenters. The Morgan fingerprint density at radius 2 is 1.03 bits per heavy atom. The zero-order chi connectivity index (χ0) is 52.2. The van der Waals surface area contributed by atoms with Gasteiger partial charge in [-0.3, -0.25) is 28.5 Å². The molecule has 0 aliphatic heterocycles. The molecular formula is C55H71Br4N5O5. The summed E-state index contributed by atoms with van der Waals surface area (Å²) in [6, 6.07) is 35.2. The molecule has 0 aliphatic carbocycles. The molecule has 6 rings (SSSR count). The maximum atomic E-state index is 11.3. The number of nitrogens with two attached hydrogens (primary N) is 1. The van der Waals surface area contributed by atoms with E-state index >= 15 is 0 Å². The van der Waals surface area contributed by atoms with Crippen LogP contribution >= 0.6 is 63.7 Å². The van der Waals surface area contributed by atoms with E-state index in [1.165, 1.54) is 36.4 Å². The molecule has 0 amide bonds. The van der Waals surface area contributed by atoms with Gasteiger partial charge >= 0.3 is 5.97 Å². The van der Waals surface area contributed by atoms with E-state index in [1.807, 2.05) is 31.2 Å². The zero-order valence-electron chi connectivity index (χ0n) is 42.3. The first kappa shape index (κ1) is 62.7. The fourth-order valence-corrected chi connectivity index (χ4v) is 6.93. The topological polar surface area (TPSA) is 139 Å². The van der Waals surface area contributed by atoms with Crippen molar-refractivity contribution in [2.45, 2.75) is 109 Å². The van der Waals surface area contributed by atoms with Crippen LogP contribution in [0.2, 0.25) is 0 Å². The lowest BCUT2D eigenvalue weighted by molar-refractivity contribution is -0.140. The molecular weight excluding hydrogens is 1130 g/mol. The molecule has 2 aromatic heterocycles. The lowest BCUT2D eigenvalue weighted by atomic mass is 10.1. The molecule has 14 heteroatoms. The van der Waals surface area contributed by atoms with Gasteiger partial charge in [-0.25, -0.2) is 0 Å². The first-order chi connectivity index (χ1) is 32.4. The molecule has 0 spiro atoms. The predicted molar refractivity (Wildman–Crippen MR) is 299 cm³/mol. The van der Waals surface area contributed by atoms with E-state index in [2.05, 4.69) is 185 Å². The van der Waals surface area contributed by atoms with Gasteiger partial charge in [0.15, 0.2) is 11.6 Å². The number of Topliss-reactive ketones (excluding diaryl/α,β-unsaturated/α-hetero) is 3. The minimum Gasteiger partial charge on any atom is -0.466 e. The van der Waals surface area contributed by atoms with E-state index < -0.39 is 0 Å².